The van der Waals surface area contributed by atoms with Crippen LogP contribution in [0, 0.1) is 0 Å². The van der Waals surface area contributed by atoms with Crippen molar-refractivity contribution >= 4 is 0 Å². The van der Waals surface area contributed by atoms with Gasteiger partial charge >= 0.3 is 0 Å². The molecule has 0 saturated heterocycles. The quantitative estimate of drug-likeness (QED) is 0.458. The van der Waals surface area contributed by atoms with Crippen molar-refractivity contribution in [1.29, 1.82) is 0 Å². The lowest BCUT2D eigenvalue weighted by Crippen LogP contribution is -2.28. The van der Waals surface area contributed by atoms with E-state index in [-0.39, 0.29) is 0 Å². The molecule has 0 spiro atoms. The molecule has 0 aromatic heterocycles. The number of nitrogens with zero attached hydrogens (tertiary/aromatic N) is 1. The number of hydrogen-bond donors (Lipinski definition) is 1. The molecule has 2 nitrogen and oxygen atoms in total. The first kappa shape index (κ1) is 12.7. The van der Waals surface area contributed by atoms with E-state index in [0.29, 0.717) is 0 Å². The minimum atomic E-state index is 1.04. The molecular weight excluding hydrogens is 160 g/mol. The van der Waals surface area contributed by atoms with E-state index in [0.717, 1.165) is 26.2 Å². The van der Waals surface area contributed by atoms with E-state index in [1.54, 1.807) is 0 Å². The lowest BCUT2D eigenvalue weighted by Gasteiger charge is -2.20. The van der Waals surface area contributed by atoms with E-state index in [9.17, 15) is 0 Å². The lowest BCUT2D eigenvalue weighted by atomic mass is 10.3. The summed E-state index contributed by atoms with van der Waals surface area (Å²) in [7, 11) is 0. The van der Waals surface area contributed by atoms with Gasteiger partial charge < -0.3 is 5.32 Å². The SMILES string of the molecule is C=C(C)CN(CC)CCCNCC. The van der Waals surface area contributed by atoms with Crippen LogP contribution in [0.25, 0.3) is 0 Å². The Hall–Kier alpha value is -0.340. The van der Waals surface area contributed by atoms with Crippen LogP contribution in [0.1, 0.15) is 27.2 Å². The van der Waals surface area contributed by atoms with Gasteiger partial charge in [0.1, 0.15) is 0 Å². The van der Waals surface area contributed by atoms with Gasteiger partial charge in [0.05, 0.1) is 0 Å². The summed E-state index contributed by atoms with van der Waals surface area (Å²) in [6.07, 6.45) is 1.23. The van der Waals surface area contributed by atoms with Crippen molar-refractivity contribution in [1.82, 2.24) is 10.2 Å². The summed E-state index contributed by atoms with van der Waals surface area (Å²) in [6, 6.07) is 0. The molecule has 0 aliphatic rings. The first-order chi connectivity index (χ1) is 6.20. The van der Waals surface area contributed by atoms with E-state index >= 15 is 0 Å². The number of likely N-dealkylation sites (N-methyl/N-ethyl adjacent to an activating group) is 1. The fourth-order valence-electron chi connectivity index (χ4n) is 1.34. The molecule has 0 fully saturated rings. The molecule has 13 heavy (non-hydrogen) atoms. The van der Waals surface area contributed by atoms with E-state index in [1.165, 1.54) is 18.5 Å². The van der Waals surface area contributed by atoms with Gasteiger partial charge in [0.15, 0.2) is 0 Å². The zero-order chi connectivity index (χ0) is 10.1. The Labute approximate surface area is 83.0 Å². The smallest absolute Gasteiger partial charge is 0.0187 e. The van der Waals surface area contributed by atoms with Gasteiger partial charge in [-0.2, -0.15) is 0 Å². The highest BCUT2D eigenvalue weighted by atomic mass is 15.1. The largest absolute Gasteiger partial charge is 0.317 e. The van der Waals surface area contributed by atoms with Gasteiger partial charge in [-0.3, -0.25) is 4.90 Å². The maximum absolute atomic E-state index is 3.93. The first-order valence-electron chi connectivity index (χ1n) is 5.28. The molecule has 0 amide bonds. The molecule has 2 heteroatoms. The molecule has 0 aromatic carbocycles. The van der Waals surface area contributed by atoms with Crippen molar-refractivity contribution in [3.05, 3.63) is 12.2 Å². The minimum absolute atomic E-state index is 1.04. The van der Waals surface area contributed by atoms with Gasteiger partial charge in [-0.1, -0.05) is 26.0 Å². The summed E-state index contributed by atoms with van der Waals surface area (Å²) in [6.45, 7) is 15.9. The highest BCUT2D eigenvalue weighted by molar-refractivity contribution is 4.91. The average Bonchev–Trinajstić information content (AvgIpc) is 2.09. The predicted octanol–water partition coefficient (Wildman–Crippen LogP) is 1.88. The summed E-state index contributed by atoms with van der Waals surface area (Å²) in [5, 5.41) is 3.33. The minimum Gasteiger partial charge on any atom is -0.317 e. The third-order valence-corrected chi connectivity index (χ3v) is 2.02. The van der Waals surface area contributed by atoms with E-state index in [1.807, 2.05) is 0 Å². The monoisotopic (exact) mass is 184 g/mol. The molecule has 0 radical (unpaired) electrons. The van der Waals surface area contributed by atoms with Crippen molar-refractivity contribution in [3.8, 4) is 0 Å². The van der Waals surface area contributed by atoms with E-state index in [2.05, 4.69) is 37.6 Å². The summed E-state index contributed by atoms with van der Waals surface area (Å²) in [5.74, 6) is 0. The van der Waals surface area contributed by atoms with Crippen molar-refractivity contribution in [2.24, 2.45) is 0 Å². The van der Waals surface area contributed by atoms with Crippen LogP contribution < -0.4 is 5.32 Å². The third-order valence-electron chi connectivity index (χ3n) is 2.02. The molecule has 1 N–H and O–H groups in total. The zero-order valence-electron chi connectivity index (χ0n) is 9.40. The molecule has 0 rings (SSSR count). The molecular formula is C11H24N2. The second kappa shape index (κ2) is 8.27. The van der Waals surface area contributed by atoms with Crippen LogP contribution in [0.4, 0.5) is 0 Å². The molecule has 0 bridgehead atoms. The molecule has 0 atom stereocenters. The maximum atomic E-state index is 3.93. The second-order valence-corrected chi connectivity index (χ2v) is 3.53. The van der Waals surface area contributed by atoms with Crippen LogP contribution in [0.15, 0.2) is 12.2 Å². The van der Waals surface area contributed by atoms with Gasteiger partial charge in [-0.05, 0) is 39.5 Å². The molecule has 78 valence electrons. The topological polar surface area (TPSA) is 15.3 Å². The molecule has 0 aromatic rings. The Morgan fingerprint density at radius 2 is 2.08 bits per heavy atom. The Balaban J connectivity index is 3.42. The number of rotatable bonds is 8. The first-order valence-corrected chi connectivity index (χ1v) is 5.28. The number of hydrogen-bond acceptors (Lipinski definition) is 2. The molecule has 0 aliphatic heterocycles. The van der Waals surface area contributed by atoms with Crippen LogP contribution in [-0.2, 0) is 0 Å². The van der Waals surface area contributed by atoms with Gasteiger partial charge in [-0.15, -0.1) is 0 Å². The van der Waals surface area contributed by atoms with Crippen molar-refractivity contribution < 1.29 is 0 Å². The number of nitrogens with one attached hydrogen (secondary N) is 1. The normalized spacial score (nSPS) is 10.8. The van der Waals surface area contributed by atoms with Gasteiger partial charge in [0.2, 0.25) is 0 Å². The second-order valence-electron chi connectivity index (χ2n) is 3.53. The zero-order valence-corrected chi connectivity index (χ0v) is 9.40. The summed E-state index contributed by atoms with van der Waals surface area (Å²) in [4.78, 5) is 2.43. The van der Waals surface area contributed by atoms with Crippen LogP contribution in [0.5, 0.6) is 0 Å². The van der Waals surface area contributed by atoms with Crippen molar-refractivity contribution in [3.63, 3.8) is 0 Å². The Kier molecular flexibility index (Phi) is 8.05. The predicted molar refractivity (Wildman–Crippen MR) is 60.1 cm³/mol. The van der Waals surface area contributed by atoms with Crippen LogP contribution in [-0.4, -0.2) is 37.6 Å². The fourth-order valence-corrected chi connectivity index (χ4v) is 1.34. The Bertz CT molecular complexity index is 132. The van der Waals surface area contributed by atoms with Crippen molar-refractivity contribution in [2.45, 2.75) is 27.2 Å². The summed E-state index contributed by atoms with van der Waals surface area (Å²) >= 11 is 0. The lowest BCUT2D eigenvalue weighted by molar-refractivity contribution is 0.306. The van der Waals surface area contributed by atoms with Gasteiger partial charge in [-0.25, -0.2) is 0 Å². The fraction of sp³-hybridized carbons (Fsp3) is 0.818. The standard InChI is InChI=1S/C11H24N2/c1-5-12-8-7-9-13(6-2)10-11(3)4/h12H,3,5-10H2,1-2,4H3. The van der Waals surface area contributed by atoms with Gasteiger partial charge in [0, 0.05) is 6.54 Å². The Morgan fingerprint density at radius 3 is 2.54 bits per heavy atom. The summed E-state index contributed by atoms with van der Waals surface area (Å²) < 4.78 is 0. The van der Waals surface area contributed by atoms with Gasteiger partial charge in [0.25, 0.3) is 0 Å². The molecule has 0 unspecified atom stereocenters. The van der Waals surface area contributed by atoms with E-state index < -0.39 is 0 Å². The van der Waals surface area contributed by atoms with Crippen LogP contribution in [0.3, 0.4) is 0 Å². The van der Waals surface area contributed by atoms with E-state index in [4.69, 9.17) is 0 Å². The molecule has 0 saturated carbocycles. The summed E-state index contributed by atoms with van der Waals surface area (Å²) in [5.41, 5.74) is 1.25. The van der Waals surface area contributed by atoms with Crippen LogP contribution in [0.2, 0.25) is 0 Å². The third kappa shape index (κ3) is 8.00. The Morgan fingerprint density at radius 1 is 1.38 bits per heavy atom. The average molecular weight is 184 g/mol. The van der Waals surface area contributed by atoms with Crippen molar-refractivity contribution in [2.75, 3.05) is 32.7 Å². The molecule has 0 aliphatic carbocycles. The van der Waals surface area contributed by atoms with Crippen LogP contribution >= 0.6 is 0 Å². The molecule has 0 heterocycles. The highest BCUT2D eigenvalue weighted by Gasteiger charge is 2.00. The maximum Gasteiger partial charge on any atom is 0.0187 e. The highest BCUT2D eigenvalue weighted by Crippen LogP contribution is 1.96.